The van der Waals surface area contributed by atoms with Crippen LogP contribution >= 0.6 is 0 Å². The van der Waals surface area contributed by atoms with Gasteiger partial charge in [0.2, 0.25) is 0 Å². The van der Waals surface area contributed by atoms with Gasteiger partial charge in [0, 0.05) is 31.3 Å². The molecule has 1 N–H and O–H groups in total. The molecular formula is C17H25NO3. The third-order valence-corrected chi connectivity index (χ3v) is 4.37. The highest BCUT2D eigenvalue weighted by molar-refractivity contribution is 5.59. The number of aliphatic hydroxyl groups is 1. The van der Waals surface area contributed by atoms with E-state index >= 15 is 0 Å². The van der Waals surface area contributed by atoms with Crippen molar-refractivity contribution in [1.82, 2.24) is 0 Å². The van der Waals surface area contributed by atoms with Crippen LogP contribution in [0.2, 0.25) is 0 Å². The molecule has 0 spiro atoms. The van der Waals surface area contributed by atoms with Crippen molar-refractivity contribution in [2.24, 2.45) is 0 Å². The first-order valence-electron chi connectivity index (χ1n) is 7.95. The van der Waals surface area contributed by atoms with Crippen molar-refractivity contribution in [1.29, 1.82) is 0 Å². The van der Waals surface area contributed by atoms with Crippen molar-refractivity contribution < 1.29 is 14.6 Å². The number of rotatable bonds is 6. The molecular weight excluding hydrogens is 266 g/mol. The van der Waals surface area contributed by atoms with Crippen LogP contribution in [-0.4, -0.2) is 50.2 Å². The molecule has 4 heteroatoms. The molecule has 1 aromatic rings. The van der Waals surface area contributed by atoms with Crippen LogP contribution in [-0.2, 0) is 9.47 Å². The average molecular weight is 291 g/mol. The second-order valence-electron chi connectivity index (χ2n) is 6.19. The monoisotopic (exact) mass is 291 g/mol. The Hall–Kier alpha value is -1.10. The van der Waals surface area contributed by atoms with Crippen molar-refractivity contribution in [2.45, 2.75) is 37.9 Å². The molecule has 0 bridgehead atoms. The summed E-state index contributed by atoms with van der Waals surface area (Å²) in [5.74, 6) is 0.529. The van der Waals surface area contributed by atoms with E-state index in [1.54, 1.807) is 0 Å². The molecule has 3 rings (SSSR count). The van der Waals surface area contributed by atoms with Crippen molar-refractivity contribution in [3.63, 3.8) is 0 Å². The molecule has 0 amide bonds. The highest BCUT2D eigenvalue weighted by Gasteiger charge is 2.26. The predicted octanol–water partition coefficient (Wildman–Crippen LogP) is 2.17. The Morgan fingerprint density at radius 3 is 3.10 bits per heavy atom. The molecule has 0 aliphatic carbocycles. The van der Waals surface area contributed by atoms with Gasteiger partial charge in [-0.05, 0) is 24.5 Å². The molecule has 0 radical (unpaired) electrons. The van der Waals surface area contributed by atoms with E-state index < -0.39 is 6.10 Å². The number of ether oxygens (including phenoxy) is 2. The Kier molecular flexibility index (Phi) is 4.78. The van der Waals surface area contributed by atoms with E-state index in [9.17, 15) is 5.11 Å². The Balaban J connectivity index is 1.46. The first-order chi connectivity index (χ1) is 10.2. The maximum Gasteiger partial charge on any atom is 0.0948 e. The molecule has 0 saturated carbocycles. The number of anilines is 1. The van der Waals surface area contributed by atoms with E-state index in [1.807, 2.05) is 0 Å². The highest BCUT2D eigenvalue weighted by Crippen LogP contribution is 2.35. The number of β-amino-alcohol motifs (C(OH)–C–C–N with tert-alkyl or cyclic N) is 1. The largest absolute Gasteiger partial charge is 0.389 e. The van der Waals surface area contributed by atoms with Crippen molar-refractivity contribution in [3.8, 4) is 0 Å². The van der Waals surface area contributed by atoms with E-state index in [0.29, 0.717) is 25.7 Å². The summed E-state index contributed by atoms with van der Waals surface area (Å²) < 4.78 is 11.1. The number of benzene rings is 1. The van der Waals surface area contributed by atoms with Crippen LogP contribution in [0.25, 0.3) is 0 Å². The lowest BCUT2D eigenvalue weighted by Crippen LogP contribution is -2.34. The minimum absolute atomic E-state index is 0.227. The van der Waals surface area contributed by atoms with Gasteiger partial charge in [0.05, 0.1) is 25.4 Å². The van der Waals surface area contributed by atoms with E-state index in [4.69, 9.17) is 9.47 Å². The predicted molar refractivity (Wildman–Crippen MR) is 82.9 cm³/mol. The van der Waals surface area contributed by atoms with Gasteiger partial charge in [-0.15, -0.1) is 0 Å². The van der Waals surface area contributed by atoms with E-state index in [-0.39, 0.29) is 6.10 Å². The number of para-hydroxylation sites is 1. The van der Waals surface area contributed by atoms with E-state index in [2.05, 4.69) is 36.1 Å². The molecule has 21 heavy (non-hydrogen) atoms. The van der Waals surface area contributed by atoms with Crippen LogP contribution in [0.1, 0.15) is 31.2 Å². The molecule has 0 unspecified atom stereocenters. The number of nitrogens with zero attached hydrogens (tertiary/aromatic N) is 1. The fourth-order valence-electron chi connectivity index (χ4n) is 3.31. The van der Waals surface area contributed by atoms with Crippen LogP contribution in [0.15, 0.2) is 24.3 Å². The quantitative estimate of drug-likeness (QED) is 0.872. The third kappa shape index (κ3) is 3.57. The summed E-state index contributed by atoms with van der Waals surface area (Å²) in [4.78, 5) is 2.26. The zero-order valence-corrected chi connectivity index (χ0v) is 12.7. The van der Waals surface area contributed by atoms with Gasteiger partial charge in [-0.25, -0.2) is 0 Å². The van der Waals surface area contributed by atoms with Gasteiger partial charge >= 0.3 is 0 Å². The molecule has 2 heterocycles. The van der Waals surface area contributed by atoms with Crippen LogP contribution in [0.3, 0.4) is 0 Å². The number of hydrogen-bond donors (Lipinski definition) is 1. The second-order valence-corrected chi connectivity index (χ2v) is 6.19. The summed E-state index contributed by atoms with van der Waals surface area (Å²) in [6.45, 7) is 5.67. The van der Waals surface area contributed by atoms with Crippen molar-refractivity contribution >= 4 is 5.69 Å². The molecule has 1 saturated heterocycles. The Morgan fingerprint density at radius 2 is 2.29 bits per heavy atom. The third-order valence-electron chi connectivity index (χ3n) is 4.37. The summed E-state index contributed by atoms with van der Waals surface area (Å²) in [7, 11) is 0. The lowest BCUT2D eigenvalue weighted by molar-refractivity contribution is -0.0149. The maximum absolute atomic E-state index is 10.2. The van der Waals surface area contributed by atoms with Crippen molar-refractivity contribution in [3.05, 3.63) is 29.8 Å². The first-order valence-corrected chi connectivity index (χ1v) is 7.95. The molecule has 4 nitrogen and oxygen atoms in total. The Labute approximate surface area is 126 Å². The standard InChI is InChI=1S/C17H25NO3/c1-13-9-18(17-7-3-2-6-16(13)17)10-14(19)11-20-12-15-5-4-8-21-15/h2-3,6-7,13-15,19H,4-5,8-12H2,1H3/t13-,14+,15-/m1/s1. The van der Waals surface area contributed by atoms with Crippen molar-refractivity contribution in [2.75, 3.05) is 37.8 Å². The van der Waals surface area contributed by atoms with Gasteiger partial charge in [-0.3, -0.25) is 0 Å². The molecule has 2 aliphatic rings. The highest BCUT2D eigenvalue weighted by atomic mass is 16.5. The second kappa shape index (κ2) is 6.77. The summed E-state index contributed by atoms with van der Waals surface area (Å²) in [6.07, 6.45) is 1.97. The fourth-order valence-corrected chi connectivity index (χ4v) is 3.31. The zero-order valence-electron chi connectivity index (χ0n) is 12.7. The normalized spacial score (nSPS) is 26.1. The van der Waals surface area contributed by atoms with Gasteiger partial charge in [-0.1, -0.05) is 25.1 Å². The van der Waals surface area contributed by atoms with Crippen LogP contribution in [0, 0.1) is 0 Å². The van der Waals surface area contributed by atoms with Gasteiger partial charge in [-0.2, -0.15) is 0 Å². The Morgan fingerprint density at radius 1 is 1.43 bits per heavy atom. The molecule has 2 aliphatic heterocycles. The summed E-state index contributed by atoms with van der Waals surface area (Å²) >= 11 is 0. The number of fused-ring (bicyclic) bond motifs is 1. The zero-order chi connectivity index (χ0) is 14.7. The fraction of sp³-hybridized carbons (Fsp3) is 0.647. The minimum Gasteiger partial charge on any atom is -0.389 e. The van der Waals surface area contributed by atoms with E-state index in [1.165, 1.54) is 11.3 Å². The van der Waals surface area contributed by atoms with Crippen LogP contribution < -0.4 is 4.90 Å². The SMILES string of the molecule is C[C@@H]1CN(C[C@H](O)COC[C@H]2CCCO2)c2ccccc21. The maximum atomic E-state index is 10.2. The topological polar surface area (TPSA) is 41.9 Å². The van der Waals surface area contributed by atoms with Crippen LogP contribution in [0.4, 0.5) is 5.69 Å². The van der Waals surface area contributed by atoms with Gasteiger partial charge < -0.3 is 19.5 Å². The number of hydrogen-bond acceptors (Lipinski definition) is 4. The molecule has 116 valence electrons. The van der Waals surface area contributed by atoms with Gasteiger partial charge in [0.1, 0.15) is 0 Å². The summed E-state index contributed by atoms with van der Waals surface area (Å²) in [5, 5.41) is 10.2. The van der Waals surface area contributed by atoms with Gasteiger partial charge in [0.25, 0.3) is 0 Å². The summed E-state index contributed by atoms with van der Waals surface area (Å²) in [5.41, 5.74) is 2.63. The van der Waals surface area contributed by atoms with E-state index in [0.717, 1.165) is 26.0 Å². The lowest BCUT2D eigenvalue weighted by atomic mass is 10.0. The minimum atomic E-state index is -0.454. The molecule has 1 aromatic carbocycles. The average Bonchev–Trinajstić information content (AvgIpc) is 3.09. The molecule has 3 atom stereocenters. The van der Waals surface area contributed by atoms with Gasteiger partial charge in [0.15, 0.2) is 0 Å². The molecule has 1 fully saturated rings. The number of aliphatic hydroxyl groups excluding tert-OH is 1. The smallest absolute Gasteiger partial charge is 0.0948 e. The van der Waals surface area contributed by atoms with Crippen LogP contribution in [0.5, 0.6) is 0 Å². The first kappa shape index (κ1) is 14.8. The Bertz CT molecular complexity index is 459. The summed E-state index contributed by atoms with van der Waals surface area (Å²) in [6, 6.07) is 8.46. The lowest BCUT2D eigenvalue weighted by Gasteiger charge is -2.23. The molecule has 0 aromatic heterocycles.